The first-order chi connectivity index (χ1) is 8.08. The van der Waals surface area contributed by atoms with Crippen molar-refractivity contribution in [1.29, 1.82) is 0 Å². The number of hydrogen-bond acceptors (Lipinski definition) is 2. The van der Waals surface area contributed by atoms with Gasteiger partial charge in [-0.05, 0) is 47.6 Å². The summed E-state index contributed by atoms with van der Waals surface area (Å²) in [5.74, 6) is 0.822. The molecule has 0 radical (unpaired) electrons. The van der Waals surface area contributed by atoms with E-state index in [1.165, 1.54) is 11.1 Å². The van der Waals surface area contributed by atoms with E-state index in [9.17, 15) is 9.90 Å². The number of phenolic OH excluding ortho intramolecular Hbond substituents is 1. The number of aromatic hydroxyl groups is 1. The minimum absolute atomic E-state index is 0.109. The minimum Gasteiger partial charge on any atom is -0.508 e. The molecule has 3 rings (SSSR count). The first-order valence-corrected chi connectivity index (χ1v) is 6.12. The molecule has 88 valence electrons. The van der Waals surface area contributed by atoms with Crippen LogP contribution in [0.5, 0.6) is 5.75 Å². The van der Waals surface area contributed by atoms with E-state index in [4.69, 9.17) is 0 Å². The average Bonchev–Trinajstić information content (AvgIpc) is 2.30. The first-order valence-electron chi connectivity index (χ1n) is 6.12. The second-order valence-electron chi connectivity index (χ2n) is 5.45. The van der Waals surface area contributed by atoms with Crippen LogP contribution in [0.3, 0.4) is 0 Å². The lowest BCUT2D eigenvalue weighted by Crippen LogP contribution is -2.33. The monoisotopic (exact) mass is 228 g/mol. The standard InChI is InChI=1S/C15H16O2/c1-15-6-4-10-8-11(16)2-3-13(10)14(15)9-12(17)5-7-15/h2-3,5,7-8,14,16H,4,6,9H2,1H3/t14-,15+/m1/s1. The molecular weight excluding hydrogens is 212 g/mol. The normalized spacial score (nSPS) is 30.9. The maximum atomic E-state index is 11.6. The van der Waals surface area contributed by atoms with E-state index in [0.29, 0.717) is 12.2 Å². The lowest BCUT2D eigenvalue weighted by Gasteiger charge is -2.42. The number of phenols is 1. The van der Waals surface area contributed by atoms with Gasteiger partial charge in [0, 0.05) is 12.3 Å². The van der Waals surface area contributed by atoms with Crippen molar-refractivity contribution < 1.29 is 9.90 Å². The quantitative estimate of drug-likeness (QED) is 0.741. The van der Waals surface area contributed by atoms with E-state index in [1.54, 1.807) is 12.1 Å². The molecule has 0 bridgehead atoms. The second kappa shape index (κ2) is 3.46. The van der Waals surface area contributed by atoms with E-state index in [1.807, 2.05) is 12.1 Å². The summed E-state index contributed by atoms with van der Waals surface area (Å²) in [4.78, 5) is 11.6. The number of benzene rings is 1. The third-order valence-electron chi connectivity index (χ3n) is 4.29. The molecule has 1 N–H and O–H groups in total. The second-order valence-corrected chi connectivity index (χ2v) is 5.45. The lowest BCUT2D eigenvalue weighted by atomic mass is 9.61. The van der Waals surface area contributed by atoms with Gasteiger partial charge in [0.25, 0.3) is 0 Å². The Bertz CT molecular complexity index is 516. The number of ketones is 1. The Morgan fingerprint density at radius 2 is 2.24 bits per heavy atom. The predicted molar refractivity (Wildman–Crippen MR) is 66.0 cm³/mol. The van der Waals surface area contributed by atoms with E-state index in [-0.39, 0.29) is 17.1 Å². The van der Waals surface area contributed by atoms with Crippen LogP contribution >= 0.6 is 0 Å². The number of allylic oxidation sites excluding steroid dienone is 2. The van der Waals surface area contributed by atoms with Crippen LogP contribution in [0.15, 0.2) is 30.4 Å². The Hall–Kier alpha value is -1.57. The highest BCUT2D eigenvalue weighted by Gasteiger charge is 2.40. The molecule has 0 aliphatic heterocycles. The third-order valence-corrected chi connectivity index (χ3v) is 4.29. The van der Waals surface area contributed by atoms with E-state index in [2.05, 4.69) is 13.0 Å². The Kier molecular flexibility index (Phi) is 2.15. The molecule has 2 nitrogen and oxygen atoms in total. The molecule has 2 aliphatic carbocycles. The maximum Gasteiger partial charge on any atom is 0.156 e. The molecule has 0 saturated carbocycles. The number of fused-ring (bicyclic) bond motifs is 3. The Morgan fingerprint density at radius 1 is 1.41 bits per heavy atom. The Labute approximate surface area is 101 Å². The van der Waals surface area contributed by atoms with Crippen molar-refractivity contribution >= 4 is 5.78 Å². The molecule has 2 aliphatic rings. The van der Waals surface area contributed by atoms with Crippen molar-refractivity contribution in [1.82, 2.24) is 0 Å². The van der Waals surface area contributed by atoms with Crippen LogP contribution in [0.4, 0.5) is 0 Å². The number of carbonyl (C=O) groups excluding carboxylic acids is 1. The zero-order valence-electron chi connectivity index (χ0n) is 9.94. The Morgan fingerprint density at radius 3 is 3.06 bits per heavy atom. The molecule has 0 saturated heterocycles. The molecule has 2 atom stereocenters. The molecule has 1 aromatic rings. The summed E-state index contributed by atoms with van der Waals surface area (Å²) in [5, 5.41) is 9.52. The summed E-state index contributed by atoms with van der Waals surface area (Å²) in [6.45, 7) is 2.23. The van der Waals surface area contributed by atoms with E-state index >= 15 is 0 Å². The fourth-order valence-corrected chi connectivity index (χ4v) is 3.18. The number of rotatable bonds is 0. The van der Waals surface area contributed by atoms with Crippen molar-refractivity contribution in [2.45, 2.75) is 32.1 Å². The van der Waals surface area contributed by atoms with Crippen LogP contribution in [-0.2, 0) is 11.2 Å². The van der Waals surface area contributed by atoms with Crippen molar-refractivity contribution in [3.05, 3.63) is 41.5 Å². The third kappa shape index (κ3) is 1.59. The van der Waals surface area contributed by atoms with Crippen LogP contribution in [0, 0.1) is 5.41 Å². The smallest absolute Gasteiger partial charge is 0.156 e. The van der Waals surface area contributed by atoms with Crippen LogP contribution < -0.4 is 0 Å². The Balaban J connectivity index is 2.11. The molecular formula is C15H16O2. The van der Waals surface area contributed by atoms with Gasteiger partial charge in [0.2, 0.25) is 0 Å². The predicted octanol–water partition coefficient (Wildman–Crippen LogP) is 2.96. The van der Waals surface area contributed by atoms with E-state index < -0.39 is 0 Å². The first kappa shape index (κ1) is 10.6. The van der Waals surface area contributed by atoms with Crippen molar-refractivity contribution in [3.8, 4) is 5.75 Å². The van der Waals surface area contributed by atoms with Crippen LogP contribution in [0.25, 0.3) is 0 Å². The number of hydrogen-bond donors (Lipinski definition) is 1. The van der Waals surface area contributed by atoms with Gasteiger partial charge in [-0.25, -0.2) is 0 Å². The van der Waals surface area contributed by atoms with Gasteiger partial charge in [0.1, 0.15) is 5.75 Å². The largest absolute Gasteiger partial charge is 0.508 e. The lowest BCUT2D eigenvalue weighted by molar-refractivity contribution is -0.116. The molecule has 0 fully saturated rings. The minimum atomic E-state index is 0.109. The summed E-state index contributed by atoms with van der Waals surface area (Å²) < 4.78 is 0. The van der Waals surface area contributed by atoms with Gasteiger partial charge in [-0.1, -0.05) is 19.1 Å². The van der Waals surface area contributed by atoms with Gasteiger partial charge < -0.3 is 5.11 Å². The number of aryl methyl sites for hydroxylation is 1. The number of carbonyl (C=O) groups is 1. The van der Waals surface area contributed by atoms with Crippen LogP contribution in [-0.4, -0.2) is 10.9 Å². The van der Waals surface area contributed by atoms with Gasteiger partial charge in [0.15, 0.2) is 5.78 Å². The fraction of sp³-hybridized carbons (Fsp3) is 0.400. The van der Waals surface area contributed by atoms with E-state index in [0.717, 1.165) is 12.8 Å². The zero-order valence-corrected chi connectivity index (χ0v) is 9.94. The fourth-order valence-electron chi connectivity index (χ4n) is 3.18. The van der Waals surface area contributed by atoms with Crippen molar-refractivity contribution in [2.75, 3.05) is 0 Å². The highest BCUT2D eigenvalue weighted by atomic mass is 16.3. The van der Waals surface area contributed by atoms with Gasteiger partial charge >= 0.3 is 0 Å². The van der Waals surface area contributed by atoms with Gasteiger partial charge in [-0.15, -0.1) is 0 Å². The van der Waals surface area contributed by atoms with Crippen LogP contribution in [0.1, 0.15) is 36.8 Å². The molecule has 0 heterocycles. The molecule has 0 unspecified atom stereocenters. The summed E-state index contributed by atoms with van der Waals surface area (Å²) >= 11 is 0. The summed E-state index contributed by atoms with van der Waals surface area (Å²) in [5.41, 5.74) is 2.56. The zero-order chi connectivity index (χ0) is 12.0. The SMILES string of the molecule is C[C@]12C=CC(=O)C[C@@H]1c1ccc(O)cc1CC2. The van der Waals surface area contributed by atoms with Gasteiger partial charge in [0.05, 0.1) is 0 Å². The van der Waals surface area contributed by atoms with Gasteiger partial charge in [-0.2, -0.15) is 0 Å². The molecule has 0 spiro atoms. The van der Waals surface area contributed by atoms with Crippen molar-refractivity contribution in [2.24, 2.45) is 5.41 Å². The van der Waals surface area contributed by atoms with Crippen molar-refractivity contribution in [3.63, 3.8) is 0 Å². The highest BCUT2D eigenvalue weighted by molar-refractivity contribution is 5.91. The van der Waals surface area contributed by atoms with Gasteiger partial charge in [-0.3, -0.25) is 4.79 Å². The molecule has 0 aromatic heterocycles. The average molecular weight is 228 g/mol. The maximum absolute atomic E-state index is 11.6. The summed E-state index contributed by atoms with van der Waals surface area (Å²) in [6.07, 6.45) is 6.46. The topological polar surface area (TPSA) is 37.3 Å². The highest BCUT2D eigenvalue weighted by Crippen LogP contribution is 2.50. The molecule has 1 aromatic carbocycles. The molecule has 17 heavy (non-hydrogen) atoms. The summed E-state index contributed by atoms with van der Waals surface area (Å²) in [7, 11) is 0. The molecule has 0 amide bonds. The molecule has 2 heteroatoms. The van der Waals surface area contributed by atoms with Crippen LogP contribution in [0.2, 0.25) is 0 Å². The summed E-state index contributed by atoms with van der Waals surface area (Å²) in [6, 6.07) is 5.56.